The lowest BCUT2D eigenvalue weighted by atomic mass is 10.2. The van der Waals surface area contributed by atoms with Gasteiger partial charge >= 0.3 is 0 Å². The molecule has 0 fully saturated rings. The number of hydrogen-bond acceptors (Lipinski definition) is 1. The molecule has 0 amide bonds. The second-order valence-electron chi connectivity index (χ2n) is 2.34. The predicted molar refractivity (Wildman–Crippen MR) is 45.1 cm³/mol. The zero-order chi connectivity index (χ0) is 8.69. The first-order chi connectivity index (χ1) is 5.24. The Balaban J connectivity index is 4.06. The number of allylic oxidation sites excluding steroid dienone is 4. The van der Waals surface area contributed by atoms with Crippen LogP contribution in [0.1, 0.15) is 20.3 Å². The van der Waals surface area contributed by atoms with Crippen molar-refractivity contribution in [1.82, 2.24) is 0 Å². The Hall–Kier alpha value is -0.790. The first-order valence-electron chi connectivity index (χ1n) is 3.70. The van der Waals surface area contributed by atoms with E-state index in [1.807, 2.05) is 13.0 Å². The third-order valence-corrected chi connectivity index (χ3v) is 1.51. The van der Waals surface area contributed by atoms with E-state index in [0.717, 1.165) is 6.42 Å². The van der Waals surface area contributed by atoms with Gasteiger partial charge in [0.25, 0.3) is 0 Å². The smallest absolute Gasteiger partial charge is 0.146 e. The van der Waals surface area contributed by atoms with Crippen LogP contribution in [0.5, 0.6) is 0 Å². The molecule has 0 aliphatic heterocycles. The van der Waals surface area contributed by atoms with Gasteiger partial charge in [0, 0.05) is 0 Å². The Morgan fingerprint density at radius 2 is 2.09 bits per heavy atom. The Labute approximate surface area is 67.6 Å². The van der Waals surface area contributed by atoms with Crippen molar-refractivity contribution in [2.24, 2.45) is 0 Å². The zero-order valence-corrected chi connectivity index (χ0v) is 7.36. The highest BCUT2D eigenvalue weighted by atomic mass is 19.1. The van der Waals surface area contributed by atoms with Crippen LogP contribution in [0.2, 0.25) is 0 Å². The maximum atomic E-state index is 12.0. The normalized spacial score (nSPS) is 13.5. The number of hydrogen-bond donors (Lipinski definition) is 0. The largest absolute Gasteiger partial charge is 0.498 e. The molecule has 64 valence electrons. The summed E-state index contributed by atoms with van der Waals surface area (Å²) in [6.45, 7) is 3.52. The molecule has 0 aromatic heterocycles. The molecule has 0 rings (SSSR count). The van der Waals surface area contributed by atoms with Crippen LogP contribution < -0.4 is 0 Å². The van der Waals surface area contributed by atoms with Crippen molar-refractivity contribution in [3.63, 3.8) is 0 Å². The number of halogens is 1. The molecule has 0 aliphatic rings. The van der Waals surface area contributed by atoms with Crippen LogP contribution in [0.4, 0.5) is 4.39 Å². The average Bonchev–Trinajstić information content (AvgIpc) is 2.06. The van der Waals surface area contributed by atoms with Gasteiger partial charge in [0.05, 0.1) is 7.11 Å². The number of ether oxygens (including phenoxy) is 1. The van der Waals surface area contributed by atoms with Crippen molar-refractivity contribution < 1.29 is 9.13 Å². The molecule has 0 unspecified atom stereocenters. The summed E-state index contributed by atoms with van der Waals surface area (Å²) in [6, 6.07) is 0. The first-order valence-corrected chi connectivity index (χ1v) is 3.70. The van der Waals surface area contributed by atoms with Crippen molar-refractivity contribution in [2.45, 2.75) is 20.3 Å². The lowest BCUT2D eigenvalue weighted by Crippen LogP contribution is -1.87. The quantitative estimate of drug-likeness (QED) is 0.451. The van der Waals surface area contributed by atoms with E-state index < -0.39 is 6.67 Å². The molecule has 0 N–H and O–H groups in total. The summed E-state index contributed by atoms with van der Waals surface area (Å²) in [4.78, 5) is 0. The molecule has 0 heterocycles. The van der Waals surface area contributed by atoms with E-state index in [1.165, 1.54) is 12.7 Å². The maximum Gasteiger partial charge on any atom is 0.146 e. The topological polar surface area (TPSA) is 9.23 Å². The molecule has 0 bridgehead atoms. The molecular weight excluding hydrogens is 143 g/mol. The fourth-order valence-electron chi connectivity index (χ4n) is 0.520. The van der Waals surface area contributed by atoms with E-state index in [0.29, 0.717) is 5.76 Å². The van der Waals surface area contributed by atoms with Gasteiger partial charge in [-0.15, -0.1) is 0 Å². The lowest BCUT2D eigenvalue weighted by molar-refractivity contribution is 0.256. The lowest BCUT2D eigenvalue weighted by Gasteiger charge is -1.98. The van der Waals surface area contributed by atoms with Gasteiger partial charge in [-0.2, -0.15) is 0 Å². The summed E-state index contributed by atoms with van der Waals surface area (Å²) in [7, 11) is 1.47. The van der Waals surface area contributed by atoms with E-state index in [1.54, 1.807) is 6.08 Å². The van der Waals surface area contributed by atoms with E-state index in [9.17, 15) is 4.39 Å². The number of rotatable bonds is 4. The average molecular weight is 158 g/mol. The molecule has 0 aliphatic carbocycles. The fraction of sp³-hybridized carbons (Fsp3) is 0.556. The van der Waals surface area contributed by atoms with Gasteiger partial charge in [-0.3, -0.25) is 0 Å². The summed E-state index contributed by atoms with van der Waals surface area (Å²) >= 11 is 0. The second kappa shape index (κ2) is 5.96. The van der Waals surface area contributed by atoms with Crippen LogP contribution in [0.25, 0.3) is 0 Å². The zero-order valence-electron chi connectivity index (χ0n) is 7.36. The van der Waals surface area contributed by atoms with Crippen molar-refractivity contribution in [3.8, 4) is 0 Å². The highest BCUT2D eigenvalue weighted by Crippen LogP contribution is 2.02. The van der Waals surface area contributed by atoms with Crippen LogP contribution in [-0.4, -0.2) is 13.8 Å². The molecular formula is C9H15FO. The Morgan fingerprint density at radius 3 is 2.45 bits per heavy atom. The Bertz CT molecular complexity index is 153. The standard InChI is InChI=1S/C9H15FO/c1-4-8(2)5-6-9(7-10)11-3/h5-6H,4,7H2,1-3H3/b8-5+,9-6+. The van der Waals surface area contributed by atoms with E-state index >= 15 is 0 Å². The SMILES string of the molecule is CC/C(C)=C/C=C(\CF)OC. The van der Waals surface area contributed by atoms with Crippen LogP contribution >= 0.6 is 0 Å². The van der Waals surface area contributed by atoms with Gasteiger partial charge in [0.15, 0.2) is 0 Å². The molecule has 1 nitrogen and oxygen atoms in total. The summed E-state index contributed by atoms with van der Waals surface area (Å²) < 4.78 is 16.7. The second-order valence-corrected chi connectivity index (χ2v) is 2.34. The maximum absolute atomic E-state index is 12.0. The number of methoxy groups -OCH3 is 1. The molecule has 0 spiro atoms. The van der Waals surface area contributed by atoms with Crippen molar-refractivity contribution in [2.75, 3.05) is 13.8 Å². The molecule has 0 aromatic rings. The van der Waals surface area contributed by atoms with Gasteiger partial charge in [0.2, 0.25) is 0 Å². The first kappa shape index (κ1) is 10.2. The van der Waals surface area contributed by atoms with Crippen LogP contribution in [-0.2, 0) is 4.74 Å². The molecule has 0 atom stereocenters. The number of alkyl halides is 1. The molecule has 0 saturated carbocycles. The fourth-order valence-corrected chi connectivity index (χ4v) is 0.520. The summed E-state index contributed by atoms with van der Waals surface area (Å²) in [5.74, 6) is 0.373. The minimum atomic E-state index is -0.538. The highest BCUT2D eigenvalue weighted by Gasteiger charge is 1.90. The van der Waals surface area contributed by atoms with E-state index in [-0.39, 0.29) is 0 Å². The van der Waals surface area contributed by atoms with Crippen molar-refractivity contribution in [1.29, 1.82) is 0 Å². The minimum Gasteiger partial charge on any atom is -0.498 e. The van der Waals surface area contributed by atoms with Gasteiger partial charge in [0.1, 0.15) is 12.4 Å². The van der Waals surface area contributed by atoms with Gasteiger partial charge in [-0.25, -0.2) is 4.39 Å². The Morgan fingerprint density at radius 1 is 1.45 bits per heavy atom. The molecule has 0 saturated heterocycles. The predicted octanol–water partition coefficient (Wildman–Crippen LogP) is 2.84. The third-order valence-electron chi connectivity index (χ3n) is 1.51. The Kier molecular flexibility index (Phi) is 5.53. The van der Waals surface area contributed by atoms with Gasteiger partial charge in [-0.05, 0) is 19.4 Å². The van der Waals surface area contributed by atoms with Crippen molar-refractivity contribution >= 4 is 0 Å². The van der Waals surface area contributed by atoms with Crippen LogP contribution in [0.15, 0.2) is 23.5 Å². The summed E-state index contributed by atoms with van der Waals surface area (Å²) in [5, 5.41) is 0. The summed E-state index contributed by atoms with van der Waals surface area (Å²) in [5.41, 5.74) is 1.22. The molecule has 0 radical (unpaired) electrons. The van der Waals surface area contributed by atoms with Crippen molar-refractivity contribution in [3.05, 3.63) is 23.5 Å². The van der Waals surface area contributed by atoms with Crippen LogP contribution in [0, 0.1) is 0 Å². The van der Waals surface area contributed by atoms with Gasteiger partial charge < -0.3 is 4.74 Å². The molecule has 11 heavy (non-hydrogen) atoms. The third kappa shape index (κ3) is 4.59. The van der Waals surface area contributed by atoms with Gasteiger partial charge in [-0.1, -0.05) is 18.6 Å². The highest BCUT2D eigenvalue weighted by molar-refractivity contribution is 5.13. The molecule has 2 heteroatoms. The molecule has 0 aromatic carbocycles. The van der Waals surface area contributed by atoms with E-state index in [2.05, 4.69) is 6.92 Å². The monoisotopic (exact) mass is 158 g/mol. The van der Waals surface area contributed by atoms with Crippen LogP contribution in [0.3, 0.4) is 0 Å². The van der Waals surface area contributed by atoms with E-state index in [4.69, 9.17) is 4.74 Å². The minimum absolute atomic E-state index is 0.373. The summed E-state index contributed by atoms with van der Waals surface area (Å²) in [6.07, 6.45) is 4.52.